The van der Waals surface area contributed by atoms with Crippen molar-refractivity contribution >= 4 is 5.91 Å². The van der Waals surface area contributed by atoms with Gasteiger partial charge in [0, 0.05) is 13.0 Å². The average molecular weight is 330 g/mol. The highest BCUT2D eigenvalue weighted by atomic mass is 16.5. The third-order valence-electron chi connectivity index (χ3n) is 5.71. The maximum absolute atomic E-state index is 12.9. The van der Waals surface area contributed by atoms with Crippen molar-refractivity contribution in [3.63, 3.8) is 0 Å². The predicted octanol–water partition coefficient (Wildman–Crippen LogP) is 3.38. The summed E-state index contributed by atoms with van der Waals surface area (Å²) in [6, 6.07) is 8.42. The van der Waals surface area contributed by atoms with Crippen molar-refractivity contribution in [2.24, 2.45) is 11.8 Å². The first-order valence-electron chi connectivity index (χ1n) is 9.33. The fraction of sp³-hybridized carbons (Fsp3) is 0.650. The van der Waals surface area contributed by atoms with Crippen molar-refractivity contribution in [1.29, 1.82) is 0 Å². The summed E-state index contributed by atoms with van der Waals surface area (Å²) in [6.07, 6.45) is 5.34. The molecule has 4 nitrogen and oxygen atoms in total. The molecule has 2 fully saturated rings. The molecule has 2 saturated heterocycles. The van der Waals surface area contributed by atoms with Crippen LogP contribution >= 0.6 is 0 Å². The Kier molecular flexibility index (Phi) is 5.77. The zero-order valence-corrected chi connectivity index (χ0v) is 15.0. The summed E-state index contributed by atoms with van der Waals surface area (Å²) in [5.41, 5.74) is 1.23. The number of likely N-dealkylation sites (tertiary alicyclic amines) is 1. The van der Waals surface area contributed by atoms with Crippen LogP contribution in [0.25, 0.3) is 0 Å². The lowest BCUT2D eigenvalue weighted by Gasteiger charge is -2.31. The second kappa shape index (κ2) is 8.02. The highest BCUT2D eigenvalue weighted by Gasteiger charge is 2.32. The first-order valence-corrected chi connectivity index (χ1v) is 9.33. The molecular weight excluding hydrogens is 300 g/mol. The maximum atomic E-state index is 12.9. The Morgan fingerprint density at radius 2 is 2.08 bits per heavy atom. The van der Waals surface area contributed by atoms with Crippen molar-refractivity contribution in [3.05, 3.63) is 29.8 Å². The van der Waals surface area contributed by atoms with E-state index in [-0.39, 0.29) is 6.04 Å². The molecule has 24 heavy (non-hydrogen) atoms. The van der Waals surface area contributed by atoms with E-state index in [0.717, 1.165) is 38.2 Å². The zero-order valence-electron chi connectivity index (χ0n) is 15.0. The molecule has 0 aromatic heterocycles. The average Bonchev–Trinajstić information content (AvgIpc) is 3.12. The molecule has 0 aliphatic carbocycles. The molecule has 3 atom stereocenters. The Labute approximate surface area is 145 Å². The summed E-state index contributed by atoms with van der Waals surface area (Å²) in [7, 11) is 1.68. The van der Waals surface area contributed by atoms with E-state index in [4.69, 9.17) is 4.74 Å². The van der Waals surface area contributed by atoms with Gasteiger partial charge in [0.05, 0.1) is 13.2 Å². The Morgan fingerprint density at radius 3 is 2.75 bits per heavy atom. The quantitative estimate of drug-likeness (QED) is 0.900. The number of hydrogen-bond acceptors (Lipinski definition) is 3. The van der Waals surface area contributed by atoms with Crippen molar-refractivity contribution < 1.29 is 9.53 Å². The number of benzene rings is 1. The second-order valence-corrected chi connectivity index (χ2v) is 7.31. The van der Waals surface area contributed by atoms with Gasteiger partial charge in [-0.15, -0.1) is 0 Å². The molecule has 2 aliphatic rings. The molecule has 3 rings (SSSR count). The normalized spacial score (nSPS) is 25.5. The topological polar surface area (TPSA) is 41.6 Å². The van der Waals surface area contributed by atoms with E-state index < -0.39 is 0 Å². The van der Waals surface area contributed by atoms with Crippen LogP contribution in [0.2, 0.25) is 0 Å². The van der Waals surface area contributed by atoms with Crippen LogP contribution in [0.1, 0.15) is 50.6 Å². The van der Waals surface area contributed by atoms with Gasteiger partial charge in [0.25, 0.3) is 0 Å². The third kappa shape index (κ3) is 3.92. The van der Waals surface area contributed by atoms with Crippen LogP contribution in [0.3, 0.4) is 0 Å². The standard InChI is InChI=1S/C20H30N2O2/c1-15(17-5-3-11-21-14-17)13-20(23)22-12-4-6-19(22)16-7-9-18(24-2)10-8-16/h7-10,15,17,19,21H,3-6,11-14H2,1-2H3. The zero-order chi connectivity index (χ0) is 16.9. The Bertz CT molecular complexity index is 537. The fourth-order valence-corrected chi connectivity index (χ4v) is 4.16. The molecule has 2 heterocycles. The van der Waals surface area contributed by atoms with Gasteiger partial charge in [0.2, 0.25) is 5.91 Å². The molecule has 1 aromatic carbocycles. The number of carbonyl (C=O) groups is 1. The monoisotopic (exact) mass is 330 g/mol. The van der Waals surface area contributed by atoms with Crippen LogP contribution in [0.15, 0.2) is 24.3 Å². The highest BCUT2D eigenvalue weighted by molar-refractivity contribution is 5.77. The number of rotatable bonds is 5. The molecule has 4 heteroatoms. The van der Waals surface area contributed by atoms with Crippen LogP contribution in [0.4, 0.5) is 0 Å². The van der Waals surface area contributed by atoms with Gasteiger partial charge in [-0.05, 0) is 68.3 Å². The number of amides is 1. The van der Waals surface area contributed by atoms with Gasteiger partial charge in [-0.3, -0.25) is 4.79 Å². The summed E-state index contributed by atoms with van der Waals surface area (Å²) in [5.74, 6) is 2.30. The molecule has 0 radical (unpaired) electrons. The van der Waals surface area contributed by atoms with Crippen LogP contribution in [0.5, 0.6) is 5.75 Å². The van der Waals surface area contributed by atoms with Crippen LogP contribution in [-0.2, 0) is 4.79 Å². The smallest absolute Gasteiger partial charge is 0.223 e. The number of nitrogens with one attached hydrogen (secondary N) is 1. The fourth-order valence-electron chi connectivity index (χ4n) is 4.16. The van der Waals surface area contributed by atoms with Crippen molar-refractivity contribution in [2.45, 2.75) is 45.1 Å². The lowest BCUT2D eigenvalue weighted by atomic mass is 9.85. The Balaban J connectivity index is 1.62. The summed E-state index contributed by atoms with van der Waals surface area (Å²) < 4.78 is 5.24. The predicted molar refractivity (Wildman–Crippen MR) is 96.1 cm³/mol. The Hall–Kier alpha value is -1.55. The van der Waals surface area contributed by atoms with Crippen molar-refractivity contribution in [1.82, 2.24) is 10.2 Å². The summed E-state index contributed by atoms with van der Waals surface area (Å²) in [6.45, 7) is 5.33. The minimum Gasteiger partial charge on any atom is -0.497 e. The van der Waals surface area contributed by atoms with E-state index in [2.05, 4.69) is 29.3 Å². The van der Waals surface area contributed by atoms with E-state index in [1.54, 1.807) is 7.11 Å². The largest absolute Gasteiger partial charge is 0.497 e. The van der Waals surface area contributed by atoms with Crippen molar-refractivity contribution in [2.75, 3.05) is 26.7 Å². The SMILES string of the molecule is COc1ccc(C2CCCN2C(=O)CC(C)C2CCCNC2)cc1. The summed E-state index contributed by atoms with van der Waals surface area (Å²) >= 11 is 0. The van der Waals surface area contributed by atoms with Gasteiger partial charge in [-0.25, -0.2) is 0 Å². The molecular formula is C20H30N2O2. The van der Waals surface area contributed by atoms with Crippen molar-refractivity contribution in [3.8, 4) is 5.75 Å². The lowest BCUT2D eigenvalue weighted by molar-refractivity contribution is -0.133. The van der Waals surface area contributed by atoms with Gasteiger partial charge in [0.15, 0.2) is 0 Å². The highest BCUT2D eigenvalue weighted by Crippen LogP contribution is 2.34. The van der Waals surface area contributed by atoms with Gasteiger partial charge in [0.1, 0.15) is 5.75 Å². The van der Waals surface area contributed by atoms with Gasteiger partial charge in [-0.1, -0.05) is 19.1 Å². The molecule has 132 valence electrons. The minimum atomic E-state index is 0.236. The van der Waals surface area contributed by atoms with E-state index in [0.29, 0.717) is 24.2 Å². The second-order valence-electron chi connectivity index (χ2n) is 7.31. The number of nitrogens with zero attached hydrogens (tertiary/aromatic N) is 1. The molecule has 0 bridgehead atoms. The van der Waals surface area contributed by atoms with Crippen LogP contribution < -0.4 is 10.1 Å². The van der Waals surface area contributed by atoms with E-state index in [1.165, 1.54) is 18.4 Å². The molecule has 0 spiro atoms. The number of carbonyl (C=O) groups excluding carboxylic acids is 1. The molecule has 1 amide bonds. The van der Waals surface area contributed by atoms with E-state index >= 15 is 0 Å². The number of piperidine rings is 1. The molecule has 3 unspecified atom stereocenters. The number of ether oxygens (including phenoxy) is 1. The molecule has 0 saturated carbocycles. The Morgan fingerprint density at radius 1 is 1.29 bits per heavy atom. The lowest BCUT2D eigenvalue weighted by Crippen LogP contribution is -2.37. The molecule has 1 N–H and O–H groups in total. The molecule has 1 aromatic rings. The summed E-state index contributed by atoms with van der Waals surface area (Å²) in [4.78, 5) is 15.0. The van der Waals surface area contributed by atoms with Crippen LogP contribution in [0, 0.1) is 11.8 Å². The first-order chi connectivity index (χ1) is 11.7. The van der Waals surface area contributed by atoms with E-state index in [9.17, 15) is 4.79 Å². The van der Waals surface area contributed by atoms with Gasteiger partial charge < -0.3 is 15.0 Å². The first kappa shape index (κ1) is 17.3. The van der Waals surface area contributed by atoms with Crippen LogP contribution in [-0.4, -0.2) is 37.6 Å². The third-order valence-corrected chi connectivity index (χ3v) is 5.71. The van der Waals surface area contributed by atoms with Gasteiger partial charge in [-0.2, -0.15) is 0 Å². The van der Waals surface area contributed by atoms with E-state index in [1.807, 2.05) is 12.1 Å². The number of methoxy groups -OCH3 is 1. The summed E-state index contributed by atoms with van der Waals surface area (Å²) in [5, 5.41) is 3.47. The molecule has 2 aliphatic heterocycles. The maximum Gasteiger partial charge on any atom is 0.223 e. The van der Waals surface area contributed by atoms with Gasteiger partial charge >= 0.3 is 0 Å². The minimum absolute atomic E-state index is 0.236. The number of hydrogen-bond donors (Lipinski definition) is 1.